The van der Waals surface area contributed by atoms with Crippen molar-refractivity contribution >= 4 is 33.5 Å². The molecular formula is C27H28FN3O2. The Labute approximate surface area is 192 Å². The molecule has 3 N–H and O–H groups in total. The highest BCUT2D eigenvalue weighted by molar-refractivity contribution is 5.90. The summed E-state index contributed by atoms with van der Waals surface area (Å²) in [5, 5.41) is 8.97. The van der Waals surface area contributed by atoms with Crippen LogP contribution >= 0.6 is 0 Å². The molecule has 5 nitrogen and oxygen atoms in total. The lowest BCUT2D eigenvalue weighted by Crippen LogP contribution is -2.50. The summed E-state index contributed by atoms with van der Waals surface area (Å²) in [7, 11) is 0. The SMILES string of the molecule is CC(C)C(NC(=O)Cc1ccc2ccccc2c1)C(=O)NCCc1c[nH]c2cc(F)ccc12. The van der Waals surface area contributed by atoms with Gasteiger partial charge in [-0.3, -0.25) is 9.59 Å². The normalized spacial score (nSPS) is 12.2. The smallest absolute Gasteiger partial charge is 0.242 e. The Balaban J connectivity index is 1.33. The van der Waals surface area contributed by atoms with Crippen LogP contribution in [0.5, 0.6) is 0 Å². The number of benzene rings is 3. The largest absolute Gasteiger partial charge is 0.361 e. The molecule has 1 atom stereocenters. The summed E-state index contributed by atoms with van der Waals surface area (Å²) in [5.41, 5.74) is 2.65. The topological polar surface area (TPSA) is 74.0 Å². The van der Waals surface area contributed by atoms with Gasteiger partial charge in [-0.25, -0.2) is 4.39 Å². The van der Waals surface area contributed by atoms with E-state index in [2.05, 4.69) is 15.6 Å². The van der Waals surface area contributed by atoms with Crippen LogP contribution in [-0.2, 0) is 22.4 Å². The van der Waals surface area contributed by atoms with Crippen molar-refractivity contribution in [3.05, 3.63) is 83.8 Å². The van der Waals surface area contributed by atoms with Crippen LogP contribution in [0.1, 0.15) is 25.0 Å². The predicted molar refractivity (Wildman–Crippen MR) is 129 cm³/mol. The van der Waals surface area contributed by atoms with Crippen molar-refractivity contribution in [1.29, 1.82) is 0 Å². The number of carbonyl (C=O) groups is 2. The first-order valence-corrected chi connectivity index (χ1v) is 11.2. The molecule has 33 heavy (non-hydrogen) atoms. The lowest BCUT2D eigenvalue weighted by Gasteiger charge is -2.22. The molecule has 0 spiro atoms. The van der Waals surface area contributed by atoms with E-state index in [0.29, 0.717) is 13.0 Å². The zero-order valence-corrected chi connectivity index (χ0v) is 18.8. The van der Waals surface area contributed by atoms with Crippen molar-refractivity contribution in [3.63, 3.8) is 0 Å². The average molecular weight is 446 g/mol. The molecule has 0 radical (unpaired) electrons. The van der Waals surface area contributed by atoms with Gasteiger partial charge in [0.25, 0.3) is 0 Å². The summed E-state index contributed by atoms with van der Waals surface area (Å²) in [6.07, 6.45) is 2.65. The van der Waals surface area contributed by atoms with E-state index < -0.39 is 6.04 Å². The van der Waals surface area contributed by atoms with Gasteiger partial charge in [-0.1, -0.05) is 56.3 Å². The van der Waals surface area contributed by atoms with Crippen LogP contribution in [0.4, 0.5) is 4.39 Å². The minimum absolute atomic E-state index is 0.0541. The molecule has 0 saturated carbocycles. The van der Waals surface area contributed by atoms with Gasteiger partial charge in [0.1, 0.15) is 11.9 Å². The first kappa shape index (κ1) is 22.5. The highest BCUT2D eigenvalue weighted by Gasteiger charge is 2.24. The Morgan fingerprint density at radius 2 is 1.79 bits per heavy atom. The number of H-pyrrole nitrogens is 1. The molecule has 1 aromatic heterocycles. The van der Waals surface area contributed by atoms with Crippen LogP contribution in [0.15, 0.2) is 66.9 Å². The quantitative estimate of drug-likeness (QED) is 0.374. The Hall–Kier alpha value is -3.67. The number of aromatic amines is 1. The van der Waals surface area contributed by atoms with Crippen LogP contribution in [0.25, 0.3) is 21.7 Å². The number of aromatic nitrogens is 1. The number of carbonyl (C=O) groups excluding carboxylic acids is 2. The Bertz CT molecular complexity index is 1300. The first-order valence-electron chi connectivity index (χ1n) is 11.2. The fourth-order valence-corrected chi connectivity index (χ4v) is 4.09. The third-order valence-electron chi connectivity index (χ3n) is 5.87. The summed E-state index contributed by atoms with van der Waals surface area (Å²) in [6, 6.07) is 18.0. The first-order chi connectivity index (χ1) is 15.9. The third kappa shape index (κ3) is 5.40. The predicted octanol–water partition coefficient (Wildman–Crippen LogP) is 4.50. The van der Waals surface area contributed by atoms with Gasteiger partial charge in [-0.05, 0) is 52.4 Å². The number of hydrogen-bond donors (Lipinski definition) is 3. The van der Waals surface area contributed by atoms with Crippen molar-refractivity contribution in [3.8, 4) is 0 Å². The van der Waals surface area contributed by atoms with Crippen molar-refractivity contribution in [2.45, 2.75) is 32.7 Å². The van der Waals surface area contributed by atoms with Gasteiger partial charge < -0.3 is 15.6 Å². The summed E-state index contributed by atoms with van der Waals surface area (Å²) < 4.78 is 13.4. The molecule has 0 aliphatic rings. The van der Waals surface area contributed by atoms with Crippen molar-refractivity contribution in [2.75, 3.05) is 6.54 Å². The van der Waals surface area contributed by atoms with E-state index in [-0.39, 0.29) is 30.0 Å². The summed E-state index contributed by atoms with van der Waals surface area (Å²) in [6.45, 7) is 4.25. The molecule has 1 unspecified atom stereocenters. The molecule has 0 aliphatic heterocycles. The van der Waals surface area contributed by atoms with Gasteiger partial charge in [-0.2, -0.15) is 0 Å². The standard InChI is InChI=1S/C27H28FN3O2/c1-17(2)26(31-25(32)14-18-7-8-19-5-3-4-6-20(19)13-18)27(33)29-12-11-21-16-30-24-15-22(28)9-10-23(21)24/h3-10,13,15-17,26,30H,11-12,14H2,1-2H3,(H,29,33)(H,31,32). The fourth-order valence-electron chi connectivity index (χ4n) is 4.09. The van der Waals surface area contributed by atoms with Crippen LogP contribution in [0.2, 0.25) is 0 Å². The third-order valence-corrected chi connectivity index (χ3v) is 5.87. The molecule has 2 amide bonds. The van der Waals surface area contributed by atoms with E-state index >= 15 is 0 Å². The lowest BCUT2D eigenvalue weighted by atomic mass is 10.0. The van der Waals surface area contributed by atoms with E-state index in [1.54, 1.807) is 6.07 Å². The highest BCUT2D eigenvalue weighted by Crippen LogP contribution is 2.19. The van der Waals surface area contributed by atoms with Gasteiger partial charge in [0.2, 0.25) is 11.8 Å². The van der Waals surface area contributed by atoms with E-state index in [4.69, 9.17) is 0 Å². The molecule has 3 aromatic carbocycles. The van der Waals surface area contributed by atoms with Gasteiger partial charge in [-0.15, -0.1) is 0 Å². The number of halogens is 1. The summed E-state index contributed by atoms with van der Waals surface area (Å²) >= 11 is 0. The lowest BCUT2D eigenvalue weighted by molar-refractivity contribution is -0.129. The Morgan fingerprint density at radius 3 is 2.58 bits per heavy atom. The van der Waals surface area contributed by atoms with Crippen molar-refractivity contribution in [1.82, 2.24) is 15.6 Å². The zero-order valence-electron chi connectivity index (χ0n) is 18.8. The Kier molecular flexibility index (Phi) is 6.73. The van der Waals surface area contributed by atoms with Crippen molar-refractivity contribution in [2.24, 2.45) is 5.92 Å². The number of amides is 2. The van der Waals surface area contributed by atoms with Crippen molar-refractivity contribution < 1.29 is 14.0 Å². The molecule has 0 saturated heterocycles. The van der Waals surface area contributed by atoms with E-state index in [1.165, 1.54) is 12.1 Å². The molecule has 170 valence electrons. The molecule has 4 rings (SSSR count). The highest BCUT2D eigenvalue weighted by atomic mass is 19.1. The average Bonchev–Trinajstić information content (AvgIpc) is 3.19. The second-order valence-electron chi connectivity index (χ2n) is 8.69. The van der Waals surface area contributed by atoms with E-state index in [1.807, 2.05) is 62.5 Å². The van der Waals surface area contributed by atoms with Crippen LogP contribution in [0.3, 0.4) is 0 Å². The second-order valence-corrected chi connectivity index (χ2v) is 8.69. The minimum atomic E-state index is -0.616. The van der Waals surface area contributed by atoms with Gasteiger partial charge in [0.05, 0.1) is 6.42 Å². The molecule has 0 bridgehead atoms. The van der Waals surface area contributed by atoms with Gasteiger partial charge in [0.15, 0.2) is 0 Å². The van der Waals surface area contributed by atoms with E-state index in [9.17, 15) is 14.0 Å². The summed E-state index contributed by atoms with van der Waals surface area (Å²) in [4.78, 5) is 28.5. The number of nitrogens with one attached hydrogen (secondary N) is 3. The van der Waals surface area contributed by atoms with Gasteiger partial charge >= 0.3 is 0 Å². The van der Waals surface area contributed by atoms with Crippen LogP contribution < -0.4 is 10.6 Å². The number of fused-ring (bicyclic) bond motifs is 2. The number of hydrogen-bond acceptors (Lipinski definition) is 2. The summed E-state index contributed by atoms with van der Waals surface area (Å²) in [5.74, 6) is -0.731. The van der Waals surface area contributed by atoms with Crippen LogP contribution in [-0.4, -0.2) is 29.4 Å². The maximum atomic E-state index is 13.4. The van der Waals surface area contributed by atoms with Gasteiger partial charge in [0, 0.05) is 23.6 Å². The minimum Gasteiger partial charge on any atom is -0.361 e. The molecule has 1 heterocycles. The molecule has 6 heteroatoms. The van der Waals surface area contributed by atoms with E-state index in [0.717, 1.165) is 32.8 Å². The monoisotopic (exact) mass is 445 g/mol. The maximum absolute atomic E-state index is 13.4. The molecule has 0 fully saturated rings. The number of rotatable bonds is 8. The molecule has 0 aliphatic carbocycles. The second kappa shape index (κ2) is 9.86. The fraction of sp³-hybridized carbons (Fsp3) is 0.259. The maximum Gasteiger partial charge on any atom is 0.242 e. The van der Waals surface area contributed by atoms with Crippen LogP contribution in [0, 0.1) is 11.7 Å². The molecular weight excluding hydrogens is 417 g/mol. The zero-order chi connectivity index (χ0) is 23.4. The molecule has 4 aromatic rings. The Morgan fingerprint density at radius 1 is 1.00 bits per heavy atom.